The Morgan fingerprint density at radius 1 is 1.54 bits per heavy atom. The van der Waals surface area contributed by atoms with Gasteiger partial charge < -0.3 is 5.11 Å². The van der Waals surface area contributed by atoms with Crippen molar-refractivity contribution in [1.82, 2.24) is 10.4 Å². The number of hydrazine groups is 1. The predicted molar refractivity (Wildman–Crippen MR) is 39.1 cm³/mol. The second-order valence-electron chi connectivity index (χ2n) is 2.70. The summed E-state index contributed by atoms with van der Waals surface area (Å²) in [5.41, 5.74) is 1.77. The van der Waals surface area contributed by atoms with E-state index in [0.717, 1.165) is 0 Å². The molecule has 0 aromatic carbocycles. The molecular formula is C6H11F3N2O2. The van der Waals surface area contributed by atoms with E-state index in [1.54, 1.807) is 5.43 Å². The second kappa shape index (κ2) is 4.31. The van der Waals surface area contributed by atoms with Gasteiger partial charge in [-0.3, -0.25) is 0 Å². The smallest absolute Gasteiger partial charge is 0.422 e. The summed E-state index contributed by atoms with van der Waals surface area (Å²) in [6, 6.07) is -0.542. The highest BCUT2D eigenvalue weighted by Gasteiger charge is 2.29. The summed E-state index contributed by atoms with van der Waals surface area (Å²) in [6.07, 6.45) is -5.85. The van der Waals surface area contributed by atoms with Gasteiger partial charge in [0.2, 0.25) is 0 Å². The van der Waals surface area contributed by atoms with Gasteiger partial charge >= 0.3 is 12.3 Å². The normalized spacial score (nSPS) is 11.8. The van der Waals surface area contributed by atoms with Gasteiger partial charge in [0, 0.05) is 6.04 Å². The Kier molecular flexibility index (Phi) is 3.99. The van der Waals surface area contributed by atoms with E-state index < -0.39 is 24.9 Å². The van der Waals surface area contributed by atoms with Crippen molar-refractivity contribution in [1.29, 1.82) is 0 Å². The molecule has 0 radical (unpaired) electrons. The lowest BCUT2D eigenvalue weighted by molar-refractivity contribution is -0.133. The number of halogens is 3. The van der Waals surface area contributed by atoms with Gasteiger partial charge in [0.1, 0.15) is 6.54 Å². The predicted octanol–water partition coefficient (Wildman–Crippen LogP) is 1.44. The van der Waals surface area contributed by atoms with Gasteiger partial charge in [-0.1, -0.05) is 0 Å². The summed E-state index contributed by atoms with van der Waals surface area (Å²) in [5.74, 6) is 0. The maximum atomic E-state index is 11.7. The molecule has 0 saturated heterocycles. The van der Waals surface area contributed by atoms with Crippen LogP contribution in [-0.2, 0) is 0 Å². The highest BCUT2D eigenvalue weighted by atomic mass is 19.4. The molecule has 7 heteroatoms. The molecule has 0 aromatic rings. The van der Waals surface area contributed by atoms with Crippen molar-refractivity contribution in [2.24, 2.45) is 0 Å². The van der Waals surface area contributed by atoms with Gasteiger partial charge in [-0.05, 0) is 13.8 Å². The van der Waals surface area contributed by atoms with Crippen molar-refractivity contribution in [2.75, 3.05) is 6.54 Å². The molecule has 0 aliphatic carbocycles. The summed E-state index contributed by atoms with van der Waals surface area (Å²) >= 11 is 0. The molecule has 4 nitrogen and oxygen atoms in total. The van der Waals surface area contributed by atoms with E-state index in [1.165, 1.54) is 13.8 Å². The third kappa shape index (κ3) is 5.29. The van der Waals surface area contributed by atoms with Crippen LogP contribution in [0.3, 0.4) is 0 Å². The molecule has 0 aromatic heterocycles. The van der Waals surface area contributed by atoms with Gasteiger partial charge in [-0.2, -0.15) is 13.2 Å². The highest BCUT2D eigenvalue weighted by Crippen LogP contribution is 2.12. The molecule has 0 heterocycles. The number of nitrogens with zero attached hydrogens (tertiary/aromatic N) is 1. The van der Waals surface area contributed by atoms with Gasteiger partial charge in [-0.25, -0.2) is 15.2 Å². The molecule has 2 N–H and O–H groups in total. The standard InChI is InChI=1S/C6H11F3N2O2/c1-4(2)11(5(12)13)10-3-6(7,8)9/h4,10H,3H2,1-2H3,(H,12,13). The number of alkyl halides is 3. The van der Waals surface area contributed by atoms with Crippen LogP contribution in [0, 0.1) is 0 Å². The number of carboxylic acid groups (broad SMARTS) is 1. The zero-order chi connectivity index (χ0) is 10.6. The molecule has 0 aliphatic heterocycles. The number of rotatable bonds is 3. The van der Waals surface area contributed by atoms with E-state index in [4.69, 9.17) is 5.11 Å². The molecule has 0 fully saturated rings. The van der Waals surface area contributed by atoms with Gasteiger partial charge in [0.05, 0.1) is 0 Å². The Morgan fingerprint density at radius 2 is 2.00 bits per heavy atom. The monoisotopic (exact) mass is 200 g/mol. The first-order valence-corrected chi connectivity index (χ1v) is 3.56. The van der Waals surface area contributed by atoms with Crippen LogP contribution in [-0.4, -0.2) is 35.0 Å². The largest absolute Gasteiger partial charge is 0.464 e. The molecule has 0 bridgehead atoms. The number of hydrogen-bond acceptors (Lipinski definition) is 2. The summed E-state index contributed by atoms with van der Waals surface area (Å²) in [5, 5.41) is 8.94. The number of amides is 1. The van der Waals surface area contributed by atoms with Crippen molar-refractivity contribution in [3.63, 3.8) is 0 Å². The van der Waals surface area contributed by atoms with Crippen LogP contribution in [0.2, 0.25) is 0 Å². The van der Waals surface area contributed by atoms with Crippen molar-refractivity contribution in [3.05, 3.63) is 0 Å². The third-order valence-electron chi connectivity index (χ3n) is 1.17. The Morgan fingerprint density at radius 3 is 2.23 bits per heavy atom. The summed E-state index contributed by atoms with van der Waals surface area (Å²) in [6.45, 7) is 1.59. The lowest BCUT2D eigenvalue weighted by atomic mass is 10.4. The average Bonchev–Trinajstić information content (AvgIpc) is 1.82. The van der Waals surface area contributed by atoms with Crippen LogP contribution in [0.25, 0.3) is 0 Å². The zero-order valence-corrected chi connectivity index (χ0v) is 7.22. The van der Waals surface area contributed by atoms with Crippen LogP contribution in [0.15, 0.2) is 0 Å². The topological polar surface area (TPSA) is 52.6 Å². The first-order valence-electron chi connectivity index (χ1n) is 3.56. The summed E-state index contributed by atoms with van der Waals surface area (Å²) in [4.78, 5) is 10.4. The SMILES string of the molecule is CC(C)N(NCC(F)(F)F)C(=O)O. The van der Waals surface area contributed by atoms with E-state index >= 15 is 0 Å². The maximum Gasteiger partial charge on any atom is 0.422 e. The van der Waals surface area contributed by atoms with E-state index in [2.05, 4.69) is 0 Å². The van der Waals surface area contributed by atoms with Crippen LogP contribution in [0.4, 0.5) is 18.0 Å². The summed E-state index contributed by atoms with van der Waals surface area (Å²) < 4.78 is 35.0. The average molecular weight is 200 g/mol. The second-order valence-corrected chi connectivity index (χ2v) is 2.70. The van der Waals surface area contributed by atoms with Crippen molar-refractivity contribution in [2.45, 2.75) is 26.1 Å². The van der Waals surface area contributed by atoms with Crippen LogP contribution < -0.4 is 5.43 Å². The fourth-order valence-corrected chi connectivity index (χ4v) is 0.646. The first kappa shape index (κ1) is 12.0. The fraction of sp³-hybridized carbons (Fsp3) is 0.833. The molecule has 78 valence electrons. The van der Waals surface area contributed by atoms with E-state index in [0.29, 0.717) is 5.01 Å². The minimum absolute atomic E-state index is 0.507. The molecule has 0 unspecified atom stereocenters. The van der Waals surface area contributed by atoms with Crippen LogP contribution in [0.5, 0.6) is 0 Å². The van der Waals surface area contributed by atoms with Crippen molar-refractivity contribution < 1.29 is 23.1 Å². The van der Waals surface area contributed by atoms with E-state index in [-0.39, 0.29) is 0 Å². The molecule has 0 rings (SSSR count). The molecule has 1 amide bonds. The maximum absolute atomic E-state index is 11.7. The molecule has 0 atom stereocenters. The zero-order valence-electron chi connectivity index (χ0n) is 7.22. The quantitative estimate of drug-likeness (QED) is 0.678. The molecule has 0 spiro atoms. The van der Waals surface area contributed by atoms with Gasteiger partial charge in [0.25, 0.3) is 0 Å². The van der Waals surface area contributed by atoms with Crippen molar-refractivity contribution >= 4 is 6.09 Å². The minimum atomic E-state index is -4.41. The lowest BCUT2D eigenvalue weighted by Crippen LogP contribution is -2.49. The molecule has 0 saturated carbocycles. The van der Waals surface area contributed by atoms with Crippen LogP contribution >= 0.6 is 0 Å². The summed E-state index contributed by atoms with van der Waals surface area (Å²) in [7, 11) is 0. The fourth-order valence-electron chi connectivity index (χ4n) is 0.646. The highest BCUT2D eigenvalue weighted by molar-refractivity contribution is 5.64. The Bertz CT molecular complexity index is 181. The Labute approximate surface area is 73.3 Å². The van der Waals surface area contributed by atoms with Crippen molar-refractivity contribution in [3.8, 4) is 0 Å². The first-order chi connectivity index (χ1) is 5.74. The Hall–Kier alpha value is -0.980. The molecule has 13 heavy (non-hydrogen) atoms. The molecule has 0 aliphatic rings. The van der Waals surface area contributed by atoms with E-state index in [9.17, 15) is 18.0 Å². The van der Waals surface area contributed by atoms with Gasteiger partial charge in [0.15, 0.2) is 0 Å². The minimum Gasteiger partial charge on any atom is -0.464 e. The molecular weight excluding hydrogens is 189 g/mol. The number of nitrogens with one attached hydrogen (secondary N) is 1. The number of hydrogen-bond donors (Lipinski definition) is 2. The Balaban J connectivity index is 4.06. The van der Waals surface area contributed by atoms with Gasteiger partial charge in [-0.15, -0.1) is 0 Å². The lowest BCUT2D eigenvalue weighted by Gasteiger charge is -2.24. The van der Waals surface area contributed by atoms with Crippen LogP contribution in [0.1, 0.15) is 13.8 Å². The number of carbonyl (C=O) groups is 1. The third-order valence-corrected chi connectivity index (χ3v) is 1.17. The van der Waals surface area contributed by atoms with E-state index in [1.807, 2.05) is 0 Å².